The van der Waals surface area contributed by atoms with E-state index < -0.39 is 11.6 Å². The first kappa shape index (κ1) is 22.2. The van der Waals surface area contributed by atoms with Crippen LogP contribution in [0.25, 0.3) is 22.3 Å². The number of aromatic nitrogens is 6. The summed E-state index contributed by atoms with van der Waals surface area (Å²) in [6.45, 7) is 1.70. The first-order valence-corrected chi connectivity index (χ1v) is 11.2. The summed E-state index contributed by atoms with van der Waals surface area (Å²) in [5.74, 6) is -1.11. The van der Waals surface area contributed by atoms with E-state index >= 15 is 0 Å². The molecule has 4 aromatic rings. The number of fused-ring (bicyclic) bond motifs is 1. The van der Waals surface area contributed by atoms with E-state index in [1.54, 1.807) is 19.2 Å². The largest absolute Gasteiger partial charge is 0.365 e. The molecular weight excluding hydrogens is 466 g/mol. The van der Waals surface area contributed by atoms with Gasteiger partial charge in [0, 0.05) is 34.3 Å². The molecule has 1 aromatic carbocycles. The van der Waals surface area contributed by atoms with Crippen molar-refractivity contribution in [3.05, 3.63) is 52.6 Å². The fourth-order valence-corrected chi connectivity index (χ4v) is 4.54. The highest BCUT2D eigenvalue weighted by Crippen LogP contribution is 2.31. The van der Waals surface area contributed by atoms with Crippen molar-refractivity contribution in [1.29, 1.82) is 0 Å². The third kappa shape index (κ3) is 4.30. The number of aryl methyl sites for hydroxylation is 1. The van der Waals surface area contributed by atoms with Gasteiger partial charge in [0.1, 0.15) is 5.82 Å². The zero-order chi connectivity index (χ0) is 23.8. The number of carbonyl (C=O) groups excluding carboxylic acids is 1. The lowest BCUT2D eigenvalue weighted by molar-refractivity contribution is 0.0920. The molecule has 1 saturated carbocycles. The molecule has 3 heterocycles. The van der Waals surface area contributed by atoms with Crippen molar-refractivity contribution in [3.8, 4) is 11.4 Å². The molecule has 4 N–H and O–H groups in total. The fraction of sp³-hybridized carbons (Fsp3) is 0.318. The van der Waals surface area contributed by atoms with Crippen molar-refractivity contribution in [1.82, 2.24) is 35.7 Å². The van der Waals surface area contributed by atoms with Crippen molar-refractivity contribution < 1.29 is 13.6 Å². The van der Waals surface area contributed by atoms with Gasteiger partial charge in [0.25, 0.3) is 5.91 Å². The molecule has 1 aliphatic carbocycles. The van der Waals surface area contributed by atoms with Crippen LogP contribution in [0.4, 0.5) is 14.6 Å². The predicted molar refractivity (Wildman–Crippen MR) is 123 cm³/mol. The Morgan fingerprint density at radius 3 is 2.79 bits per heavy atom. The molecular formula is C22H21ClF2N8O. The second-order valence-corrected chi connectivity index (χ2v) is 8.77. The first-order chi connectivity index (χ1) is 16.4. The number of rotatable bonds is 5. The van der Waals surface area contributed by atoms with Crippen LogP contribution in [0.3, 0.4) is 0 Å². The number of hydrogen-bond donors (Lipinski definition) is 4. The predicted octanol–water partition coefficient (Wildman–Crippen LogP) is 4.14. The molecule has 0 saturated heterocycles. The molecule has 2 atom stereocenters. The van der Waals surface area contributed by atoms with Gasteiger partial charge in [0.05, 0.1) is 17.4 Å². The summed E-state index contributed by atoms with van der Waals surface area (Å²) in [4.78, 5) is 23.8. The second kappa shape index (κ2) is 8.98. The fourth-order valence-electron chi connectivity index (χ4n) is 4.34. The number of halogens is 3. The van der Waals surface area contributed by atoms with E-state index in [2.05, 4.69) is 41.0 Å². The van der Waals surface area contributed by atoms with Crippen molar-refractivity contribution in [2.75, 3.05) is 5.32 Å². The van der Waals surface area contributed by atoms with Crippen LogP contribution in [0, 0.1) is 18.6 Å². The summed E-state index contributed by atoms with van der Waals surface area (Å²) < 4.78 is 28.8. The number of carbonyl (C=O) groups is 1. The van der Waals surface area contributed by atoms with E-state index in [1.165, 1.54) is 6.07 Å². The number of nitrogens with one attached hydrogen (secondary N) is 4. The van der Waals surface area contributed by atoms with Crippen LogP contribution in [-0.4, -0.2) is 48.4 Å². The van der Waals surface area contributed by atoms with Crippen molar-refractivity contribution in [2.45, 2.75) is 44.7 Å². The van der Waals surface area contributed by atoms with Gasteiger partial charge < -0.3 is 15.6 Å². The van der Waals surface area contributed by atoms with Gasteiger partial charge in [-0.25, -0.2) is 18.7 Å². The SMILES string of the molecule is Cc1n[nH]nc1C(=O)N[C@@H]1CCC[C@H](Nc2nc(-c3c[nH]c4c(F)cc(Cl)cc34)ncc2F)C1. The molecule has 0 spiro atoms. The van der Waals surface area contributed by atoms with E-state index in [0.717, 1.165) is 25.5 Å². The lowest BCUT2D eigenvalue weighted by Gasteiger charge is -2.30. The first-order valence-electron chi connectivity index (χ1n) is 10.8. The minimum atomic E-state index is -0.600. The van der Waals surface area contributed by atoms with Crippen LogP contribution < -0.4 is 10.6 Å². The Morgan fingerprint density at radius 1 is 1.18 bits per heavy atom. The maximum absolute atomic E-state index is 14.6. The molecule has 1 aliphatic rings. The lowest BCUT2D eigenvalue weighted by Crippen LogP contribution is -2.42. The molecule has 1 amide bonds. The van der Waals surface area contributed by atoms with E-state index in [1.807, 2.05) is 0 Å². The van der Waals surface area contributed by atoms with Crippen LogP contribution in [0.5, 0.6) is 0 Å². The highest BCUT2D eigenvalue weighted by Gasteiger charge is 2.26. The molecule has 9 nitrogen and oxygen atoms in total. The van der Waals surface area contributed by atoms with Gasteiger partial charge in [-0.1, -0.05) is 11.6 Å². The highest BCUT2D eigenvalue weighted by atomic mass is 35.5. The molecule has 0 radical (unpaired) electrons. The Labute approximate surface area is 197 Å². The number of hydrogen-bond acceptors (Lipinski definition) is 6. The summed E-state index contributed by atoms with van der Waals surface area (Å²) in [5, 5.41) is 17.1. The van der Waals surface area contributed by atoms with Gasteiger partial charge in [-0.2, -0.15) is 15.4 Å². The second-order valence-electron chi connectivity index (χ2n) is 8.34. The van der Waals surface area contributed by atoms with E-state index in [-0.39, 0.29) is 45.9 Å². The number of nitrogens with zero attached hydrogens (tertiary/aromatic N) is 4. The summed E-state index contributed by atoms with van der Waals surface area (Å²) >= 11 is 6.01. The van der Waals surface area contributed by atoms with E-state index in [4.69, 9.17) is 11.6 Å². The number of aromatic amines is 2. The van der Waals surface area contributed by atoms with Crippen molar-refractivity contribution in [2.24, 2.45) is 0 Å². The Hall–Kier alpha value is -3.60. The van der Waals surface area contributed by atoms with E-state index in [9.17, 15) is 13.6 Å². The van der Waals surface area contributed by atoms with Crippen LogP contribution >= 0.6 is 11.6 Å². The van der Waals surface area contributed by atoms with Gasteiger partial charge in [-0.3, -0.25) is 4.79 Å². The summed E-state index contributed by atoms with van der Waals surface area (Å²) in [7, 11) is 0. The summed E-state index contributed by atoms with van der Waals surface area (Å²) in [6, 6.07) is 2.61. The van der Waals surface area contributed by atoms with Gasteiger partial charge in [-0.15, -0.1) is 0 Å². The molecule has 34 heavy (non-hydrogen) atoms. The lowest BCUT2D eigenvalue weighted by atomic mass is 9.91. The molecule has 0 aliphatic heterocycles. The highest BCUT2D eigenvalue weighted by molar-refractivity contribution is 6.31. The third-order valence-corrected chi connectivity index (χ3v) is 6.20. The molecule has 176 valence electrons. The molecule has 5 rings (SSSR count). The van der Waals surface area contributed by atoms with Crippen molar-refractivity contribution >= 4 is 34.2 Å². The maximum atomic E-state index is 14.6. The zero-order valence-corrected chi connectivity index (χ0v) is 18.9. The standard InChI is InChI=1S/C22H21ClF2N8O/c1-10-18(32-33-31-10)22(34)29-13-4-2-3-12(7-13)28-21-17(25)9-27-20(30-21)15-8-26-19-14(15)5-11(23)6-16(19)24/h5-6,8-9,12-13,26H,2-4,7H2,1H3,(H,29,34)(H,27,28,30)(H,31,32,33)/t12-,13+/m0/s1. The summed E-state index contributed by atoms with van der Waals surface area (Å²) in [6.07, 6.45) is 5.69. The average molecular weight is 487 g/mol. The van der Waals surface area contributed by atoms with Crippen LogP contribution in [0.1, 0.15) is 41.9 Å². The van der Waals surface area contributed by atoms with Crippen LogP contribution in [0.15, 0.2) is 24.5 Å². The normalized spacial score (nSPS) is 18.2. The molecule has 1 fully saturated rings. The van der Waals surface area contributed by atoms with Crippen molar-refractivity contribution in [3.63, 3.8) is 0 Å². The van der Waals surface area contributed by atoms with Gasteiger partial charge >= 0.3 is 0 Å². The molecule has 0 bridgehead atoms. The Bertz CT molecular complexity index is 1370. The maximum Gasteiger partial charge on any atom is 0.273 e. The Kier molecular flexibility index (Phi) is 5.86. The zero-order valence-electron chi connectivity index (χ0n) is 18.1. The number of benzene rings is 1. The monoisotopic (exact) mass is 486 g/mol. The van der Waals surface area contributed by atoms with Crippen LogP contribution in [0.2, 0.25) is 5.02 Å². The minimum Gasteiger partial charge on any atom is -0.365 e. The third-order valence-electron chi connectivity index (χ3n) is 5.98. The number of amides is 1. The summed E-state index contributed by atoms with van der Waals surface area (Å²) in [5.41, 5.74) is 1.57. The Morgan fingerprint density at radius 2 is 2.00 bits per heavy atom. The minimum absolute atomic E-state index is 0.0474. The topological polar surface area (TPSA) is 124 Å². The number of anilines is 1. The quantitative estimate of drug-likeness (QED) is 0.336. The average Bonchev–Trinajstić information content (AvgIpc) is 3.42. The number of H-pyrrole nitrogens is 2. The van der Waals surface area contributed by atoms with Crippen LogP contribution in [-0.2, 0) is 0 Å². The molecule has 12 heteroatoms. The molecule has 0 unspecified atom stereocenters. The van der Waals surface area contributed by atoms with Gasteiger partial charge in [-0.05, 0) is 44.7 Å². The van der Waals surface area contributed by atoms with Gasteiger partial charge in [0.15, 0.2) is 23.2 Å². The van der Waals surface area contributed by atoms with E-state index in [0.29, 0.717) is 23.1 Å². The molecule has 3 aromatic heterocycles. The Balaban J connectivity index is 1.33. The smallest absolute Gasteiger partial charge is 0.273 e. The van der Waals surface area contributed by atoms with Gasteiger partial charge in [0.2, 0.25) is 0 Å².